The van der Waals surface area contributed by atoms with E-state index in [1.807, 2.05) is 48.5 Å². The Morgan fingerprint density at radius 3 is 1.74 bits per heavy atom. The highest BCUT2D eigenvalue weighted by atomic mass is 16.3. The van der Waals surface area contributed by atoms with E-state index in [0.717, 1.165) is 93.6 Å². The van der Waals surface area contributed by atoms with Crippen molar-refractivity contribution in [2.75, 3.05) is 0 Å². The average molecular weight is 793 g/mol. The average Bonchev–Trinajstić information content (AvgIpc) is 3.92. The Labute approximate surface area is 365 Å². The summed E-state index contributed by atoms with van der Waals surface area (Å²) in [5.41, 5.74) is 12.0. The summed E-state index contributed by atoms with van der Waals surface area (Å²) in [6.07, 6.45) is 0. The Hall–Kier alpha value is -8.20. The van der Waals surface area contributed by atoms with Crippen LogP contribution in [0.4, 0.5) is 0 Å². The van der Waals surface area contributed by atoms with E-state index in [9.17, 15) is 0 Å². The Balaban J connectivity index is 1.07. The first-order valence-corrected chi connectivity index (χ1v) is 20.9. The van der Waals surface area contributed by atoms with Crippen LogP contribution in [0, 0.1) is 0 Å². The number of benzene rings is 11. The maximum atomic E-state index is 9.03. The van der Waals surface area contributed by atoms with Crippen molar-refractivity contribution in [1.29, 1.82) is 0 Å². The second-order valence-electron chi connectivity index (χ2n) is 16.0. The Morgan fingerprint density at radius 2 is 0.968 bits per heavy atom. The molecule has 0 spiro atoms. The number of nitrogens with zero attached hydrogens (tertiary/aromatic N) is 1. The minimum absolute atomic E-state index is 0.195. The number of hydrogen-bond donors (Lipinski definition) is 0. The van der Waals surface area contributed by atoms with E-state index in [2.05, 4.69) is 150 Å². The van der Waals surface area contributed by atoms with Crippen molar-refractivity contribution in [3.63, 3.8) is 0 Å². The first kappa shape index (κ1) is 29.9. The third-order valence-corrected chi connectivity index (χ3v) is 12.6. The normalized spacial score (nSPS) is 13.0. The predicted molar refractivity (Wildman–Crippen MR) is 262 cm³/mol. The molecule has 13 aromatic rings. The molecule has 0 aliphatic heterocycles. The summed E-state index contributed by atoms with van der Waals surface area (Å²) in [5.74, 6) is 0. The fourth-order valence-corrected chi connectivity index (χ4v) is 10.0. The van der Waals surface area contributed by atoms with Gasteiger partial charge in [0.25, 0.3) is 0 Å². The summed E-state index contributed by atoms with van der Waals surface area (Å²) < 4.78 is 52.5. The van der Waals surface area contributed by atoms with E-state index >= 15 is 0 Å². The molecule has 0 fully saturated rings. The van der Waals surface area contributed by atoms with Crippen molar-refractivity contribution in [3.8, 4) is 50.2 Å². The highest BCUT2D eigenvalue weighted by Crippen LogP contribution is 2.47. The van der Waals surface area contributed by atoms with Crippen LogP contribution in [0.5, 0.6) is 0 Å². The first-order valence-electron chi connectivity index (χ1n) is 23.4. The zero-order chi connectivity index (χ0) is 45.1. The third kappa shape index (κ3) is 5.23. The van der Waals surface area contributed by atoms with Crippen molar-refractivity contribution in [2.45, 2.75) is 0 Å². The van der Waals surface area contributed by atoms with E-state index < -0.39 is 6.04 Å². The van der Waals surface area contributed by atoms with Gasteiger partial charge in [-0.3, -0.25) is 0 Å². The van der Waals surface area contributed by atoms with Gasteiger partial charge in [-0.05, 0) is 114 Å². The Morgan fingerprint density at radius 1 is 0.355 bits per heavy atom. The van der Waals surface area contributed by atoms with Crippen LogP contribution in [0.15, 0.2) is 229 Å². The van der Waals surface area contributed by atoms with E-state index in [1.165, 1.54) is 21.5 Å². The molecule has 62 heavy (non-hydrogen) atoms. The molecule has 0 saturated carbocycles. The molecule has 11 aromatic carbocycles. The van der Waals surface area contributed by atoms with Gasteiger partial charge >= 0.3 is 0 Å². The van der Waals surface area contributed by atoms with Gasteiger partial charge in [-0.25, -0.2) is 0 Å². The number of rotatable bonds is 5. The second kappa shape index (κ2) is 13.7. The molecule has 0 radical (unpaired) electrons. The lowest BCUT2D eigenvalue weighted by Crippen LogP contribution is -1.94. The lowest BCUT2D eigenvalue weighted by atomic mass is 9.84. The Kier molecular flexibility index (Phi) is 6.60. The molecule has 2 heteroatoms. The molecule has 0 N–H and O–H groups in total. The SMILES string of the molecule is [2H]c1c([2H])c([2H])c(-c2c3ccccc3c(-c3cccc(-c4ccc5oc6ccccc6c5c4-c4ccc5c6ccccc6n(-c6ccc7ccccc7c6)c5c4)c3)c3ccccc23)c([2H])c1[2H]. The van der Waals surface area contributed by atoms with Crippen LogP contribution in [-0.4, -0.2) is 4.57 Å². The minimum atomic E-state index is -0.408. The van der Waals surface area contributed by atoms with E-state index in [4.69, 9.17) is 11.3 Å². The lowest BCUT2D eigenvalue weighted by molar-refractivity contribution is 0.669. The summed E-state index contributed by atoms with van der Waals surface area (Å²) >= 11 is 0. The standard InChI is InChI=1S/C60H37NO/c1-2-16-39(17-3-1)57-48-22-6-8-24-50(48)58(51-25-9-7-23-49(51)57)42-20-14-19-41(35-42)45-33-34-56-60(52-26-11-13-28-55(52)62-56)59(45)43-30-32-47-46-21-10-12-27-53(46)61(54(47)37-43)44-31-29-38-15-4-5-18-40(38)36-44/h1-37H/i1D,2D,3D,16D,17D. The molecular formula is C60H37NO. The van der Waals surface area contributed by atoms with Gasteiger partial charge in [0, 0.05) is 32.8 Å². The number of para-hydroxylation sites is 2. The lowest BCUT2D eigenvalue weighted by Gasteiger charge is -2.19. The van der Waals surface area contributed by atoms with Crippen molar-refractivity contribution in [3.05, 3.63) is 224 Å². The highest BCUT2D eigenvalue weighted by molar-refractivity contribution is 6.22. The van der Waals surface area contributed by atoms with Crippen molar-refractivity contribution >= 4 is 76.1 Å². The molecule has 0 aliphatic carbocycles. The second-order valence-corrected chi connectivity index (χ2v) is 16.0. The molecule has 0 atom stereocenters. The van der Waals surface area contributed by atoms with Gasteiger partial charge in [0.2, 0.25) is 0 Å². The molecule has 288 valence electrons. The zero-order valence-electron chi connectivity index (χ0n) is 38.3. The van der Waals surface area contributed by atoms with Crippen LogP contribution < -0.4 is 0 Å². The van der Waals surface area contributed by atoms with Gasteiger partial charge < -0.3 is 8.98 Å². The predicted octanol–water partition coefficient (Wildman–Crippen LogP) is 16.8. The van der Waals surface area contributed by atoms with Crippen molar-refractivity contribution < 1.29 is 11.3 Å². The molecule has 2 nitrogen and oxygen atoms in total. The molecule has 0 amide bonds. The monoisotopic (exact) mass is 792 g/mol. The van der Waals surface area contributed by atoms with Crippen LogP contribution in [0.1, 0.15) is 6.85 Å². The summed E-state index contributed by atoms with van der Waals surface area (Å²) in [6.45, 7) is 0. The van der Waals surface area contributed by atoms with Gasteiger partial charge in [0.05, 0.1) is 17.9 Å². The molecule has 0 bridgehead atoms. The Bertz CT molecular complexity index is 4150. The topological polar surface area (TPSA) is 18.1 Å². The quantitative estimate of drug-likeness (QED) is 0.159. The first-order chi connectivity index (χ1) is 32.8. The van der Waals surface area contributed by atoms with Crippen molar-refractivity contribution in [2.24, 2.45) is 0 Å². The van der Waals surface area contributed by atoms with E-state index in [1.54, 1.807) is 0 Å². The van der Waals surface area contributed by atoms with Gasteiger partial charge in [0.1, 0.15) is 11.2 Å². The smallest absolute Gasteiger partial charge is 0.136 e. The van der Waals surface area contributed by atoms with Crippen LogP contribution >= 0.6 is 0 Å². The molecule has 0 aliphatic rings. The number of hydrogen-bond acceptors (Lipinski definition) is 1. The van der Waals surface area contributed by atoms with Gasteiger partial charge in [-0.15, -0.1) is 0 Å². The minimum Gasteiger partial charge on any atom is -0.456 e. The molecule has 2 heterocycles. The van der Waals surface area contributed by atoms with Crippen LogP contribution in [0.25, 0.3) is 126 Å². The van der Waals surface area contributed by atoms with Gasteiger partial charge in [0.15, 0.2) is 0 Å². The summed E-state index contributed by atoms with van der Waals surface area (Å²) in [6, 6.07) is 66.4. The fraction of sp³-hybridized carbons (Fsp3) is 0. The molecule has 0 saturated heterocycles. The zero-order valence-corrected chi connectivity index (χ0v) is 33.3. The molecular weight excluding hydrogens is 751 g/mol. The number of aromatic nitrogens is 1. The number of furan rings is 1. The van der Waals surface area contributed by atoms with E-state index in [0.29, 0.717) is 5.56 Å². The maximum absolute atomic E-state index is 9.03. The van der Waals surface area contributed by atoms with E-state index in [-0.39, 0.29) is 29.7 Å². The van der Waals surface area contributed by atoms with Crippen LogP contribution in [-0.2, 0) is 0 Å². The summed E-state index contributed by atoms with van der Waals surface area (Å²) in [7, 11) is 0. The molecule has 13 rings (SSSR count). The molecule has 2 aromatic heterocycles. The van der Waals surface area contributed by atoms with Gasteiger partial charge in [-0.2, -0.15) is 0 Å². The fourth-order valence-electron chi connectivity index (χ4n) is 10.0. The summed E-state index contributed by atoms with van der Waals surface area (Å²) in [5, 5.41) is 10.3. The third-order valence-electron chi connectivity index (χ3n) is 12.6. The summed E-state index contributed by atoms with van der Waals surface area (Å²) in [4.78, 5) is 0. The van der Waals surface area contributed by atoms with Crippen LogP contribution in [0.2, 0.25) is 0 Å². The van der Waals surface area contributed by atoms with Gasteiger partial charge in [-0.1, -0.05) is 182 Å². The van der Waals surface area contributed by atoms with Crippen LogP contribution in [0.3, 0.4) is 0 Å². The largest absolute Gasteiger partial charge is 0.456 e. The molecule has 0 unspecified atom stereocenters. The maximum Gasteiger partial charge on any atom is 0.136 e. The number of fused-ring (bicyclic) bond motifs is 9. The highest BCUT2D eigenvalue weighted by Gasteiger charge is 2.22. The van der Waals surface area contributed by atoms with Crippen molar-refractivity contribution in [1.82, 2.24) is 4.57 Å².